The number of halogens is 3. The van der Waals surface area contributed by atoms with E-state index in [1.807, 2.05) is 0 Å². The number of rotatable bonds is 5. The van der Waals surface area contributed by atoms with Crippen LogP contribution in [-0.2, 0) is 13.6 Å². The molecule has 0 heterocycles. The van der Waals surface area contributed by atoms with Crippen molar-refractivity contribution in [3.8, 4) is 0 Å². The summed E-state index contributed by atoms with van der Waals surface area (Å²) in [6.07, 6.45) is 0. The minimum Gasteiger partial charge on any atom is -0.305 e. The van der Waals surface area contributed by atoms with Crippen molar-refractivity contribution in [2.45, 2.75) is 13.8 Å². The van der Waals surface area contributed by atoms with E-state index in [-0.39, 0.29) is 13.2 Å². The molecule has 0 aliphatic rings. The molecule has 96 valence electrons. The molecule has 0 fully saturated rings. The van der Waals surface area contributed by atoms with Crippen LogP contribution in [0.4, 0.5) is 4.39 Å². The van der Waals surface area contributed by atoms with Crippen molar-refractivity contribution in [1.82, 2.24) is 0 Å². The second-order valence-corrected chi connectivity index (χ2v) is 6.72. The lowest BCUT2D eigenvalue weighted by Gasteiger charge is -2.19. The lowest BCUT2D eigenvalue weighted by molar-refractivity contribution is 0.229. The second-order valence-electron chi connectivity index (χ2n) is 3.05. The van der Waals surface area contributed by atoms with Gasteiger partial charge in [-0.15, -0.1) is 0 Å². The number of hydrogen-bond donors (Lipinski definition) is 0. The van der Waals surface area contributed by atoms with Gasteiger partial charge >= 0.3 is 7.60 Å². The lowest BCUT2D eigenvalue weighted by atomic mass is 10.3. The third-order valence-electron chi connectivity index (χ3n) is 1.85. The summed E-state index contributed by atoms with van der Waals surface area (Å²) in [6.45, 7) is 3.93. The zero-order chi connectivity index (χ0) is 13.1. The van der Waals surface area contributed by atoms with Crippen molar-refractivity contribution < 1.29 is 18.0 Å². The average molecular weight is 390 g/mol. The third-order valence-corrected chi connectivity index (χ3v) is 5.94. The zero-order valence-electron chi connectivity index (χ0n) is 9.37. The Morgan fingerprint density at radius 3 is 1.94 bits per heavy atom. The summed E-state index contributed by atoms with van der Waals surface area (Å²) < 4.78 is 36.8. The zero-order valence-corrected chi connectivity index (χ0v) is 13.4. The van der Waals surface area contributed by atoms with Crippen molar-refractivity contribution in [1.29, 1.82) is 0 Å². The van der Waals surface area contributed by atoms with Crippen molar-refractivity contribution in [2.75, 3.05) is 13.2 Å². The highest BCUT2D eigenvalue weighted by Gasteiger charge is 2.32. The maximum absolute atomic E-state index is 13.1. The molecule has 0 saturated heterocycles. The van der Waals surface area contributed by atoms with Crippen LogP contribution in [-0.4, -0.2) is 13.2 Å². The molecule has 0 spiro atoms. The molecule has 0 aliphatic carbocycles. The summed E-state index contributed by atoms with van der Waals surface area (Å²) in [5, 5.41) is 0.308. The molecule has 0 aliphatic heterocycles. The molecule has 1 aromatic carbocycles. The molecule has 0 unspecified atom stereocenters. The molecule has 0 amide bonds. The molecule has 3 nitrogen and oxygen atoms in total. The lowest BCUT2D eigenvalue weighted by Crippen LogP contribution is -2.14. The van der Waals surface area contributed by atoms with Gasteiger partial charge in [0.1, 0.15) is 5.82 Å². The van der Waals surface area contributed by atoms with E-state index in [4.69, 9.17) is 9.05 Å². The van der Waals surface area contributed by atoms with Crippen molar-refractivity contribution >= 4 is 44.8 Å². The van der Waals surface area contributed by atoms with Crippen LogP contribution in [0.25, 0.3) is 0 Å². The molecule has 0 bridgehead atoms. The van der Waals surface area contributed by atoms with Gasteiger partial charge in [-0.1, -0.05) is 0 Å². The van der Waals surface area contributed by atoms with Crippen LogP contribution >= 0.6 is 39.5 Å². The molecule has 0 atom stereocenters. The van der Waals surface area contributed by atoms with Crippen molar-refractivity contribution in [3.05, 3.63) is 26.9 Å². The largest absolute Gasteiger partial charge is 0.363 e. The molecule has 0 aromatic heterocycles. The summed E-state index contributed by atoms with van der Waals surface area (Å²) in [5.41, 5.74) is 0. The summed E-state index contributed by atoms with van der Waals surface area (Å²) in [6, 6.07) is 2.45. The van der Waals surface area contributed by atoms with Crippen LogP contribution in [0.15, 0.2) is 21.1 Å². The fourth-order valence-electron chi connectivity index (χ4n) is 1.30. The Labute approximate surface area is 116 Å². The average Bonchev–Trinajstić information content (AvgIpc) is 2.15. The minimum absolute atomic E-state index is 0.244. The first-order chi connectivity index (χ1) is 7.94. The van der Waals surface area contributed by atoms with E-state index in [1.54, 1.807) is 13.8 Å². The number of benzene rings is 1. The number of hydrogen-bond acceptors (Lipinski definition) is 3. The Balaban J connectivity index is 3.33. The van der Waals surface area contributed by atoms with Gasteiger partial charge in [0.25, 0.3) is 0 Å². The SMILES string of the molecule is CCOP(=O)(OCC)c1c(Br)cc(F)cc1Br. The molecule has 0 radical (unpaired) electrons. The maximum Gasteiger partial charge on any atom is 0.363 e. The van der Waals surface area contributed by atoms with E-state index >= 15 is 0 Å². The first kappa shape index (κ1) is 15.3. The molecule has 1 rings (SSSR count). The van der Waals surface area contributed by atoms with Gasteiger partial charge in [0, 0.05) is 8.95 Å². The van der Waals surface area contributed by atoms with Crippen molar-refractivity contribution in [3.63, 3.8) is 0 Å². The maximum atomic E-state index is 13.1. The third kappa shape index (κ3) is 3.61. The van der Waals surface area contributed by atoms with Gasteiger partial charge in [0.15, 0.2) is 0 Å². The first-order valence-corrected chi connectivity index (χ1v) is 8.11. The quantitative estimate of drug-likeness (QED) is 0.706. The first-order valence-electron chi connectivity index (χ1n) is 4.98. The fourth-order valence-corrected chi connectivity index (χ4v) is 5.40. The highest BCUT2D eigenvalue weighted by Crippen LogP contribution is 2.50. The van der Waals surface area contributed by atoms with Crippen LogP contribution in [0.5, 0.6) is 0 Å². The standard InChI is InChI=1S/C10H12Br2FO3P/c1-3-15-17(14,16-4-2)10-8(11)5-7(13)6-9(10)12/h5-6H,3-4H2,1-2H3. The Morgan fingerprint density at radius 2 is 1.59 bits per heavy atom. The van der Waals surface area contributed by atoms with E-state index in [0.717, 1.165) is 0 Å². The van der Waals surface area contributed by atoms with Gasteiger partial charge < -0.3 is 9.05 Å². The second kappa shape index (κ2) is 6.43. The molecule has 7 heteroatoms. The monoisotopic (exact) mass is 388 g/mol. The van der Waals surface area contributed by atoms with E-state index < -0.39 is 13.4 Å². The predicted molar refractivity (Wildman–Crippen MR) is 72.3 cm³/mol. The van der Waals surface area contributed by atoms with E-state index in [0.29, 0.717) is 14.2 Å². The Hall–Kier alpha value is 0.260. The van der Waals surface area contributed by atoms with Crippen LogP contribution < -0.4 is 5.30 Å². The van der Waals surface area contributed by atoms with E-state index in [2.05, 4.69) is 31.9 Å². The summed E-state index contributed by atoms with van der Waals surface area (Å²) in [5.74, 6) is -0.438. The van der Waals surface area contributed by atoms with Gasteiger partial charge in [-0.05, 0) is 57.8 Å². The molecule has 0 N–H and O–H groups in total. The van der Waals surface area contributed by atoms with Crippen LogP contribution in [0.3, 0.4) is 0 Å². The molecule has 17 heavy (non-hydrogen) atoms. The smallest absolute Gasteiger partial charge is 0.305 e. The molecule has 0 saturated carbocycles. The fraction of sp³-hybridized carbons (Fsp3) is 0.400. The van der Waals surface area contributed by atoms with Crippen molar-refractivity contribution in [2.24, 2.45) is 0 Å². The molecular formula is C10H12Br2FO3P. The van der Waals surface area contributed by atoms with E-state index in [9.17, 15) is 8.96 Å². The minimum atomic E-state index is -3.43. The van der Waals surface area contributed by atoms with E-state index in [1.165, 1.54) is 12.1 Å². The summed E-state index contributed by atoms with van der Waals surface area (Å²) >= 11 is 6.34. The Morgan fingerprint density at radius 1 is 1.18 bits per heavy atom. The summed E-state index contributed by atoms with van der Waals surface area (Å²) in [4.78, 5) is 0. The molecular weight excluding hydrogens is 378 g/mol. The Bertz CT molecular complexity index is 420. The normalized spacial score (nSPS) is 11.8. The van der Waals surface area contributed by atoms with Gasteiger partial charge in [-0.3, -0.25) is 4.57 Å². The van der Waals surface area contributed by atoms with Gasteiger partial charge in [0.2, 0.25) is 0 Å². The van der Waals surface area contributed by atoms with Crippen LogP contribution in [0.2, 0.25) is 0 Å². The van der Waals surface area contributed by atoms with Gasteiger partial charge in [0.05, 0.1) is 18.5 Å². The van der Waals surface area contributed by atoms with Crippen LogP contribution in [0, 0.1) is 5.82 Å². The highest BCUT2D eigenvalue weighted by molar-refractivity contribution is 9.11. The molecule has 1 aromatic rings. The van der Waals surface area contributed by atoms with Gasteiger partial charge in [-0.2, -0.15) is 0 Å². The topological polar surface area (TPSA) is 35.5 Å². The summed E-state index contributed by atoms with van der Waals surface area (Å²) in [7, 11) is -3.43. The predicted octanol–water partition coefficient (Wildman–Crippen LogP) is 4.24. The van der Waals surface area contributed by atoms with Crippen LogP contribution in [0.1, 0.15) is 13.8 Å². The van der Waals surface area contributed by atoms with Gasteiger partial charge in [-0.25, -0.2) is 4.39 Å². The Kier molecular flexibility index (Phi) is 5.80. The highest BCUT2D eigenvalue weighted by atomic mass is 79.9.